The monoisotopic (exact) mass is 269 g/mol. The third-order valence-corrected chi connectivity index (χ3v) is 3.69. The molecule has 1 heterocycles. The van der Waals surface area contributed by atoms with E-state index in [1.165, 1.54) is 19.3 Å². The van der Waals surface area contributed by atoms with Crippen LogP contribution in [0.25, 0.3) is 0 Å². The largest absolute Gasteiger partial charge is 0.477 e. The van der Waals surface area contributed by atoms with Crippen molar-refractivity contribution in [3.63, 3.8) is 0 Å². The van der Waals surface area contributed by atoms with Gasteiger partial charge in [-0.2, -0.15) is 4.98 Å². The third-order valence-electron chi connectivity index (χ3n) is 3.17. The lowest BCUT2D eigenvalue weighted by Gasteiger charge is -2.21. The van der Waals surface area contributed by atoms with Gasteiger partial charge in [-0.25, -0.2) is 0 Å². The molecule has 1 saturated carbocycles. The Morgan fingerprint density at radius 2 is 2.17 bits per heavy atom. The maximum absolute atomic E-state index is 6.40. The lowest BCUT2D eigenvalue weighted by Crippen LogP contribution is -2.29. The molecule has 18 heavy (non-hydrogen) atoms. The van der Waals surface area contributed by atoms with Gasteiger partial charge in [-0.3, -0.25) is 4.98 Å². The van der Waals surface area contributed by atoms with E-state index in [0.717, 1.165) is 18.7 Å². The average molecular weight is 270 g/mol. The Morgan fingerprint density at radius 3 is 3.00 bits per heavy atom. The highest BCUT2D eigenvalue weighted by atomic mass is 35.5. The number of hydrogen-bond acceptors (Lipinski definition) is 4. The van der Waals surface area contributed by atoms with Crippen LogP contribution in [-0.2, 0) is 0 Å². The molecule has 0 spiro atoms. The zero-order chi connectivity index (χ0) is 12.8. The third kappa shape index (κ3) is 3.73. The zero-order valence-electron chi connectivity index (χ0n) is 10.7. The summed E-state index contributed by atoms with van der Waals surface area (Å²) < 4.78 is 5.34. The first-order valence-electron chi connectivity index (χ1n) is 6.65. The first kappa shape index (κ1) is 13.4. The standard InChI is InChI=1S/C13H20ClN3O/c1-2-18-13-9-15-8-12(17-13)16-11-7-5-3-4-6-10(11)14/h8-11H,2-7H2,1H3,(H,16,17). The molecule has 5 heteroatoms. The molecule has 0 radical (unpaired) electrons. The number of ether oxygens (including phenoxy) is 1. The molecule has 0 saturated heterocycles. The summed E-state index contributed by atoms with van der Waals surface area (Å²) in [6.07, 6.45) is 9.21. The number of nitrogens with zero attached hydrogens (tertiary/aromatic N) is 2. The molecule has 0 bridgehead atoms. The summed E-state index contributed by atoms with van der Waals surface area (Å²) in [6, 6.07) is 0.278. The van der Waals surface area contributed by atoms with Gasteiger partial charge < -0.3 is 10.1 Å². The number of hydrogen-bond donors (Lipinski definition) is 1. The SMILES string of the molecule is CCOc1cncc(NC2CCCCCC2Cl)n1. The maximum atomic E-state index is 6.40. The fourth-order valence-electron chi connectivity index (χ4n) is 2.25. The Bertz CT molecular complexity index is 375. The number of halogens is 1. The van der Waals surface area contributed by atoms with Crippen molar-refractivity contribution < 1.29 is 4.74 Å². The topological polar surface area (TPSA) is 47.0 Å². The second-order valence-corrected chi connectivity index (χ2v) is 5.14. The number of nitrogens with one attached hydrogen (secondary N) is 1. The molecule has 1 aliphatic rings. The summed E-state index contributed by atoms with van der Waals surface area (Å²) in [5, 5.41) is 3.56. The minimum atomic E-state index is 0.171. The Hall–Kier alpha value is -1.03. The molecule has 1 aromatic rings. The van der Waals surface area contributed by atoms with E-state index in [9.17, 15) is 0 Å². The molecule has 1 aliphatic carbocycles. The van der Waals surface area contributed by atoms with E-state index in [-0.39, 0.29) is 11.4 Å². The van der Waals surface area contributed by atoms with Crippen LogP contribution >= 0.6 is 11.6 Å². The summed E-state index contributed by atoms with van der Waals surface area (Å²) in [6.45, 7) is 2.53. The number of alkyl halides is 1. The fourth-order valence-corrected chi connectivity index (χ4v) is 2.59. The van der Waals surface area contributed by atoms with Crippen molar-refractivity contribution in [1.29, 1.82) is 0 Å². The Balaban J connectivity index is 2.00. The number of aromatic nitrogens is 2. The molecule has 100 valence electrons. The molecule has 2 rings (SSSR count). The quantitative estimate of drug-likeness (QED) is 0.673. The summed E-state index contributed by atoms with van der Waals surface area (Å²) in [5.74, 6) is 1.31. The molecular weight excluding hydrogens is 250 g/mol. The van der Waals surface area contributed by atoms with Crippen molar-refractivity contribution in [3.8, 4) is 5.88 Å². The second kappa shape index (κ2) is 6.78. The van der Waals surface area contributed by atoms with Crippen LogP contribution in [0.2, 0.25) is 0 Å². The van der Waals surface area contributed by atoms with Crippen molar-refractivity contribution in [1.82, 2.24) is 9.97 Å². The van der Waals surface area contributed by atoms with Crippen molar-refractivity contribution in [2.45, 2.75) is 50.4 Å². The van der Waals surface area contributed by atoms with Gasteiger partial charge in [-0.15, -0.1) is 11.6 Å². The van der Waals surface area contributed by atoms with E-state index < -0.39 is 0 Å². The Labute approximate surface area is 113 Å². The molecular formula is C13H20ClN3O. The smallest absolute Gasteiger partial charge is 0.234 e. The van der Waals surface area contributed by atoms with Crippen LogP contribution in [0, 0.1) is 0 Å². The lowest BCUT2D eigenvalue weighted by molar-refractivity contribution is 0.325. The molecule has 1 fully saturated rings. The highest BCUT2D eigenvalue weighted by Gasteiger charge is 2.21. The van der Waals surface area contributed by atoms with Crippen LogP contribution in [-0.4, -0.2) is 28.0 Å². The molecule has 4 nitrogen and oxygen atoms in total. The average Bonchev–Trinajstić information content (AvgIpc) is 2.56. The van der Waals surface area contributed by atoms with Crippen molar-refractivity contribution in [3.05, 3.63) is 12.4 Å². The zero-order valence-corrected chi connectivity index (χ0v) is 11.5. The van der Waals surface area contributed by atoms with E-state index in [4.69, 9.17) is 16.3 Å². The fraction of sp³-hybridized carbons (Fsp3) is 0.692. The summed E-state index contributed by atoms with van der Waals surface area (Å²) >= 11 is 6.40. The van der Waals surface area contributed by atoms with E-state index >= 15 is 0 Å². The predicted molar refractivity (Wildman–Crippen MR) is 73.3 cm³/mol. The Morgan fingerprint density at radius 1 is 1.33 bits per heavy atom. The van der Waals surface area contributed by atoms with E-state index in [1.54, 1.807) is 12.4 Å². The summed E-state index contributed by atoms with van der Waals surface area (Å²) in [7, 11) is 0. The molecule has 0 aromatic carbocycles. The van der Waals surface area contributed by atoms with Crippen LogP contribution in [0.15, 0.2) is 12.4 Å². The molecule has 2 atom stereocenters. The van der Waals surface area contributed by atoms with E-state index in [2.05, 4.69) is 15.3 Å². The predicted octanol–water partition coefficient (Wildman–Crippen LogP) is 3.23. The van der Waals surface area contributed by atoms with Crippen LogP contribution in [0.3, 0.4) is 0 Å². The van der Waals surface area contributed by atoms with Gasteiger partial charge in [0.15, 0.2) is 0 Å². The molecule has 0 amide bonds. The first-order chi connectivity index (χ1) is 8.79. The van der Waals surface area contributed by atoms with Crippen molar-refractivity contribution in [2.24, 2.45) is 0 Å². The van der Waals surface area contributed by atoms with Crippen LogP contribution in [0.1, 0.15) is 39.0 Å². The van der Waals surface area contributed by atoms with Crippen molar-refractivity contribution in [2.75, 3.05) is 11.9 Å². The molecule has 0 aliphatic heterocycles. The number of rotatable bonds is 4. The van der Waals surface area contributed by atoms with Gasteiger partial charge in [0.2, 0.25) is 5.88 Å². The minimum Gasteiger partial charge on any atom is -0.477 e. The first-order valence-corrected chi connectivity index (χ1v) is 7.08. The number of anilines is 1. The van der Waals surface area contributed by atoms with Gasteiger partial charge in [-0.1, -0.05) is 19.3 Å². The molecule has 1 aromatic heterocycles. The van der Waals surface area contributed by atoms with Gasteiger partial charge in [0.25, 0.3) is 0 Å². The van der Waals surface area contributed by atoms with Gasteiger partial charge in [0.05, 0.1) is 24.4 Å². The van der Waals surface area contributed by atoms with E-state index in [1.807, 2.05) is 6.92 Å². The Kier molecular flexibility index (Phi) is 5.05. The second-order valence-electron chi connectivity index (χ2n) is 4.58. The highest BCUT2D eigenvalue weighted by Crippen LogP contribution is 2.25. The lowest BCUT2D eigenvalue weighted by atomic mass is 10.1. The van der Waals surface area contributed by atoms with Gasteiger partial charge in [0, 0.05) is 6.04 Å². The van der Waals surface area contributed by atoms with Gasteiger partial charge in [0.1, 0.15) is 5.82 Å². The van der Waals surface area contributed by atoms with Crippen LogP contribution in [0.5, 0.6) is 5.88 Å². The summed E-state index contributed by atoms with van der Waals surface area (Å²) in [5.41, 5.74) is 0. The van der Waals surface area contributed by atoms with E-state index in [0.29, 0.717) is 12.5 Å². The molecule has 1 N–H and O–H groups in total. The van der Waals surface area contributed by atoms with Crippen molar-refractivity contribution >= 4 is 17.4 Å². The normalized spacial score (nSPS) is 24.3. The van der Waals surface area contributed by atoms with Crippen LogP contribution in [0.4, 0.5) is 5.82 Å². The van der Waals surface area contributed by atoms with Gasteiger partial charge in [-0.05, 0) is 19.8 Å². The highest BCUT2D eigenvalue weighted by molar-refractivity contribution is 6.21. The minimum absolute atomic E-state index is 0.171. The maximum Gasteiger partial charge on any atom is 0.234 e. The van der Waals surface area contributed by atoms with Gasteiger partial charge >= 0.3 is 0 Å². The summed E-state index contributed by atoms with van der Waals surface area (Å²) in [4.78, 5) is 8.49. The molecule has 2 unspecified atom stereocenters. The van der Waals surface area contributed by atoms with Crippen LogP contribution < -0.4 is 10.1 Å².